The van der Waals surface area contributed by atoms with Crippen molar-refractivity contribution in [2.75, 3.05) is 18.4 Å². The topological polar surface area (TPSA) is 80.0 Å². The zero-order valence-corrected chi connectivity index (χ0v) is 16.9. The third kappa shape index (κ3) is 4.99. The molecule has 1 aliphatic rings. The second-order valence-corrected chi connectivity index (χ2v) is 13.6. The quantitative estimate of drug-likeness (QED) is 0.755. The van der Waals surface area contributed by atoms with Crippen molar-refractivity contribution in [3.63, 3.8) is 0 Å². The third-order valence-electron chi connectivity index (χ3n) is 4.37. The van der Waals surface area contributed by atoms with Crippen LogP contribution in [0.25, 0.3) is 0 Å². The first-order chi connectivity index (χ1) is 11.9. The molecule has 1 amide bonds. The van der Waals surface area contributed by atoms with Gasteiger partial charge >= 0.3 is 0 Å². The largest absolute Gasteiger partial charge is 0.451 e. The van der Waals surface area contributed by atoms with E-state index in [4.69, 9.17) is 4.42 Å². The molecule has 25 heavy (non-hydrogen) atoms. The molecule has 0 radical (unpaired) electrons. The summed E-state index contributed by atoms with van der Waals surface area (Å²) < 4.78 is 5.88. The van der Waals surface area contributed by atoms with Gasteiger partial charge in [0.05, 0.1) is 6.20 Å². The average Bonchev–Trinajstić information content (AvgIpc) is 3.22. The van der Waals surface area contributed by atoms with Crippen LogP contribution in [0.3, 0.4) is 0 Å². The molecule has 0 aliphatic carbocycles. The molecule has 2 aromatic rings. The van der Waals surface area contributed by atoms with Crippen LogP contribution in [-0.4, -0.2) is 37.0 Å². The van der Waals surface area contributed by atoms with E-state index in [1.165, 1.54) is 11.3 Å². The smallest absolute Gasteiger partial charge is 0.229 e. The fourth-order valence-corrected chi connectivity index (χ4v) is 4.47. The van der Waals surface area contributed by atoms with Gasteiger partial charge in [0, 0.05) is 23.4 Å². The summed E-state index contributed by atoms with van der Waals surface area (Å²) in [6.07, 6.45) is 7.09. The lowest BCUT2D eigenvalue weighted by Gasteiger charge is -2.20. The number of piperidine rings is 1. The lowest BCUT2D eigenvalue weighted by Crippen LogP contribution is -2.36. The predicted molar refractivity (Wildman–Crippen MR) is 103 cm³/mol. The van der Waals surface area contributed by atoms with E-state index in [1.54, 1.807) is 0 Å². The molecular weight excluding hydrogens is 352 g/mol. The number of rotatable bonds is 6. The Hall–Kier alpha value is -1.51. The summed E-state index contributed by atoms with van der Waals surface area (Å²) in [5.41, 5.74) is 0. The van der Waals surface area contributed by atoms with Crippen LogP contribution in [0.1, 0.15) is 23.6 Å². The predicted octanol–water partition coefficient (Wildman–Crippen LogP) is 2.40. The first-order valence-corrected chi connectivity index (χ1v) is 13.1. The number of hydrogen-bond acceptors (Lipinski definition) is 6. The van der Waals surface area contributed by atoms with Crippen LogP contribution in [-0.2, 0) is 17.6 Å². The van der Waals surface area contributed by atoms with E-state index in [0.717, 1.165) is 54.9 Å². The normalized spacial score (nSPS) is 16.1. The Balaban J connectivity index is 1.51. The van der Waals surface area contributed by atoms with Gasteiger partial charge in [-0.1, -0.05) is 19.6 Å². The minimum absolute atomic E-state index is 0.0925. The number of nitrogens with one attached hydrogen (secondary N) is 2. The number of oxazole rings is 1. The molecule has 2 N–H and O–H groups in total. The minimum Gasteiger partial charge on any atom is -0.451 e. The van der Waals surface area contributed by atoms with Crippen LogP contribution in [0.15, 0.2) is 16.8 Å². The Bertz CT molecular complexity index is 716. The van der Waals surface area contributed by atoms with E-state index in [2.05, 4.69) is 40.2 Å². The lowest BCUT2D eigenvalue weighted by atomic mass is 9.97. The zero-order valence-electron chi connectivity index (χ0n) is 15.1. The molecule has 1 fully saturated rings. The molecule has 8 heteroatoms. The lowest BCUT2D eigenvalue weighted by molar-refractivity contribution is -0.120. The molecule has 0 unspecified atom stereocenters. The second-order valence-electron chi connectivity index (χ2n) is 7.51. The molecule has 0 bridgehead atoms. The van der Waals surface area contributed by atoms with Gasteiger partial charge in [-0.3, -0.25) is 4.79 Å². The monoisotopic (exact) mass is 378 g/mol. The number of hydrogen-bond donors (Lipinski definition) is 2. The summed E-state index contributed by atoms with van der Waals surface area (Å²) in [6, 6.07) is 0. The Morgan fingerprint density at radius 2 is 2.04 bits per heavy atom. The van der Waals surface area contributed by atoms with Crippen molar-refractivity contribution in [2.45, 2.75) is 45.3 Å². The number of carbonyl (C=O) groups is 1. The molecule has 3 heterocycles. The maximum Gasteiger partial charge on any atom is 0.229 e. The highest BCUT2D eigenvalue weighted by atomic mass is 32.1. The van der Waals surface area contributed by atoms with Crippen LogP contribution in [0.5, 0.6) is 0 Å². The maximum atomic E-state index is 12.3. The summed E-state index contributed by atoms with van der Waals surface area (Å²) in [4.78, 5) is 22.1. The van der Waals surface area contributed by atoms with E-state index in [0.29, 0.717) is 5.13 Å². The van der Waals surface area contributed by atoms with Gasteiger partial charge in [0.15, 0.2) is 11.0 Å². The van der Waals surface area contributed by atoms with Crippen LogP contribution in [0.2, 0.25) is 19.6 Å². The average molecular weight is 379 g/mol. The Kier molecular flexibility index (Phi) is 5.70. The van der Waals surface area contributed by atoms with Crippen LogP contribution >= 0.6 is 11.3 Å². The first-order valence-electron chi connectivity index (χ1n) is 8.83. The summed E-state index contributed by atoms with van der Waals surface area (Å²) in [6.45, 7) is 8.57. The fraction of sp³-hybridized carbons (Fsp3) is 0.588. The third-order valence-corrected chi connectivity index (χ3v) is 7.05. The number of thiazole rings is 1. The molecule has 1 aliphatic heterocycles. The van der Waals surface area contributed by atoms with Crippen molar-refractivity contribution in [3.8, 4) is 0 Å². The van der Waals surface area contributed by atoms with E-state index in [1.807, 2.05) is 12.4 Å². The van der Waals surface area contributed by atoms with Crippen LogP contribution < -0.4 is 16.0 Å². The van der Waals surface area contributed by atoms with Crippen molar-refractivity contribution in [1.82, 2.24) is 15.3 Å². The van der Waals surface area contributed by atoms with Gasteiger partial charge in [-0.05, 0) is 32.4 Å². The van der Waals surface area contributed by atoms with E-state index >= 15 is 0 Å². The second kappa shape index (κ2) is 7.80. The molecule has 136 valence electrons. The number of aromatic nitrogens is 2. The summed E-state index contributed by atoms with van der Waals surface area (Å²) in [5.74, 6) is 0.974. The van der Waals surface area contributed by atoms with Gasteiger partial charge in [0.25, 0.3) is 0 Å². The number of amides is 1. The Morgan fingerprint density at radius 3 is 2.72 bits per heavy atom. The van der Waals surface area contributed by atoms with Crippen molar-refractivity contribution in [1.29, 1.82) is 0 Å². The minimum atomic E-state index is -1.44. The standard InChI is InChI=1S/C17H26N4O2SSi/c1-25(2,3)15-11-19-14(23-15)5-4-13-10-20-17(24-13)21-16(22)12-6-8-18-9-7-12/h10-12,18H,4-9H2,1-3H3,(H,20,21,22). The van der Waals surface area contributed by atoms with Crippen LogP contribution in [0, 0.1) is 5.92 Å². The van der Waals surface area contributed by atoms with Crippen molar-refractivity contribution < 1.29 is 9.21 Å². The summed E-state index contributed by atoms with van der Waals surface area (Å²) in [5, 5.41) is 7.97. The summed E-state index contributed by atoms with van der Waals surface area (Å²) >= 11 is 1.54. The number of aryl methyl sites for hydroxylation is 2. The van der Waals surface area contributed by atoms with E-state index in [-0.39, 0.29) is 11.8 Å². The van der Waals surface area contributed by atoms with Crippen molar-refractivity contribution >= 4 is 35.8 Å². The highest BCUT2D eigenvalue weighted by Crippen LogP contribution is 2.22. The Morgan fingerprint density at radius 1 is 1.28 bits per heavy atom. The molecule has 0 aromatic carbocycles. The van der Waals surface area contributed by atoms with Gasteiger partial charge < -0.3 is 15.1 Å². The molecule has 0 saturated carbocycles. The van der Waals surface area contributed by atoms with E-state index in [9.17, 15) is 4.79 Å². The molecule has 0 atom stereocenters. The first kappa shape index (κ1) is 18.3. The maximum absolute atomic E-state index is 12.3. The molecule has 1 saturated heterocycles. The number of carbonyl (C=O) groups excluding carboxylic acids is 1. The highest BCUT2D eigenvalue weighted by Gasteiger charge is 2.23. The van der Waals surface area contributed by atoms with Gasteiger partial charge in [-0.15, -0.1) is 11.3 Å². The Labute approximate surface area is 153 Å². The van der Waals surface area contributed by atoms with Crippen molar-refractivity contribution in [2.24, 2.45) is 5.92 Å². The van der Waals surface area contributed by atoms with E-state index < -0.39 is 8.07 Å². The molecule has 0 spiro atoms. The van der Waals surface area contributed by atoms with Gasteiger partial charge in [0.1, 0.15) is 13.5 Å². The molecule has 3 rings (SSSR count). The molecule has 2 aromatic heterocycles. The SMILES string of the molecule is C[Si](C)(C)c1cnc(CCc2cnc(NC(=O)C3CCNCC3)s2)o1. The number of anilines is 1. The van der Waals surface area contributed by atoms with Crippen LogP contribution in [0.4, 0.5) is 5.13 Å². The molecule has 6 nitrogen and oxygen atoms in total. The fourth-order valence-electron chi connectivity index (χ4n) is 2.78. The molecular formula is C17H26N4O2SSi. The zero-order chi connectivity index (χ0) is 17.9. The van der Waals surface area contributed by atoms with Crippen molar-refractivity contribution in [3.05, 3.63) is 23.2 Å². The van der Waals surface area contributed by atoms with Gasteiger partial charge in [0.2, 0.25) is 5.91 Å². The highest BCUT2D eigenvalue weighted by molar-refractivity contribution is 7.15. The van der Waals surface area contributed by atoms with Gasteiger partial charge in [-0.2, -0.15) is 0 Å². The number of nitrogens with zero attached hydrogens (tertiary/aromatic N) is 2. The van der Waals surface area contributed by atoms with Gasteiger partial charge in [-0.25, -0.2) is 9.97 Å². The summed E-state index contributed by atoms with van der Waals surface area (Å²) in [7, 11) is -1.44.